The first kappa shape index (κ1) is 15.0. The summed E-state index contributed by atoms with van der Waals surface area (Å²) in [5.74, 6) is 0.620. The highest BCUT2D eigenvalue weighted by molar-refractivity contribution is 7.53. The molecule has 5 nitrogen and oxygen atoms in total. The van der Waals surface area contributed by atoms with E-state index in [1.54, 1.807) is 36.4 Å². The van der Waals surface area contributed by atoms with Crippen LogP contribution in [0.25, 0.3) is 0 Å². The van der Waals surface area contributed by atoms with Crippen molar-refractivity contribution in [1.29, 1.82) is 0 Å². The predicted octanol–water partition coefficient (Wildman–Crippen LogP) is 4.21. The van der Waals surface area contributed by atoms with Gasteiger partial charge in [-0.1, -0.05) is 29.0 Å². The van der Waals surface area contributed by atoms with Crippen LogP contribution in [0.5, 0.6) is 11.5 Å². The Morgan fingerprint density at radius 1 is 0.952 bits per heavy atom. The standard InChI is InChI=1S/C15H14NO4P/c1-12-5-3-7-14(9-12)19-21(18,16-11-17)20-15-8-4-6-13(2)10-15/h3-10H,1-2H3. The molecule has 0 spiro atoms. The van der Waals surface area contributed by atoms with Crippen LogP contribution in [0.1, 0.15) is 11.1 Å². The third-order valence-electron chi connectivity index (χ3n) is 2.58. The number of carbonyl (C=O) groups excluding carboxylic acids is 1. The van der Waals surface area contributed by atoms with E-state index in [0.29, 0.717) is 11.5 Å². The van der Waals surface area contributed by atoms with Crippen molar-refractivity contribution in [2.75, 3.05) is 0 Å². The molecule has 0 amide bonds. The molecule has 0 aromatic heterocycles. The van der Waals surface area contributed by atoms with Crippen LogP contribution in [-0.2, 0) is 9.36 Å². The molecular weight excluding hydrogens is 289 g/mol. The summed E-state index contributed by atoms with van der Waals surface area (Å²) >= 11 is 0. The van der Waals surface area contributed by atoms with Gasteiger partial charge < -0.3 is 9.05 Å². The summed E-state index contributed by atoms with van der Waals surface area (Å²) in [6.07, 6.45) is 1.24. The van der Waals surface area contributed by atoms with Crippen LogP contribution in [0.15, 0.2) is 53.3 Å². The summed E-state index contributed by atoms with van der Waals surface area (Å²) in [4.78, 5) is 10.5. The molecule has 0 aliphatic heterocycles. The Hall–Kier alpha value is -2.35. The maximum absolute atomic E-state index is 12.5. The summed E-state index contributed by atoms with van der Waals surface area (Å²) in [5.41, 5.74) is 1.84. The van der Waals surface area contributed by atoms with Crippen molar-refractivity contribution < 1.29 is 18.4 Å². The van der Waals surface area contributed by atoms with Crippen molar-refractivity contribution in [3.63, 3.8) is 0 Å². The van der Waals surface area contributed by atoms with E-state index in [-0.39, 0.29) is 0 Å². The summed E-state index contributed by atoms with van der Waals surface area (Å²) < 4.78 is 26.3. The molecule has 2 aromatic rings. The summed E-state index contributed by atoms with van der Waals surface area (Å²) in [5, 5.41) is 0. The van der Waals surface area contributed by atoms with E-state index in [1.807, 2.05) is 26.0 Å². The Kier molecular flexibility index (Phi) is 4.59. The summed E-state index contributed by atoms with van der Waals surface area (Å²) in [7, 11) is -4.00. The lowest BCUT2D eigenvalue weighted by Gasteiger charge is -2.14. The third-order valence-corrected chi connectivity index (χ3v) is 3.79. The van der Waals surface area contributed by atoms with Crippen LogP contribution in [0, 0.1) is 13.8 Å². The highest BCUT2D eigenvalue weighted by Gasteiger charge is 2.28. The quantitative estimate of drug-likeness (QED) is 0.471. The van der Waals surface area contributed by atoms with Crippen LogP contribution >= 0.6 is 7.75 Å². The van der Waals surface area contributed by atoms with E-state index in [1.165, 1.54) is 6.08 Å². The zero-order chi connectivity index (χ0) is 15.3. The average molecular weight is 303 g/mol. The van der Waals surface area contributed by atoms with Gasteiger partial charge in [-0.2, -0.15) is 0 Å². The fraction of sp³-hybridized carbons (Fsp3) is 0.133. The lowest BCUT2D eigenvalue weighted by molar-refractivity contribution is 0.387. The molecule has 0 aliphatic carbocycles. The van der Waals surface area contributed by atoms with Gasteiger partial charge in [-0.05, 0) is 49.2 Å². The highest BCUT2D eigenvalue weighted by atomic mass is 31.2. The first-order valence-corrected chi connectivity index (χ1v) is 7.72. The van der Waals surface area contributed by atoms with Crippen LogP contribution in [0.2, 0.25) is 0 Å². The van der Waals surface area contributed by atoms with E-state index in [2.05, 4.69) is 4.76 Å². The molecule has 0 aliphatic rings. The fourth-order valence-electron chi connectivity index (χ4n) is 1.72. The van der Waals surface area contributed by atoms with E-state index >= 15 is 0 Å². The minimum absolute atomic E-state index is 0.310. The molecule has 6 heteroatoms. The molecule has 0 saturated carbocycles. The van der Waals surface area contributed by atoms with Crippen LogP contribution in [-0.4, -0.2) is 6.08 Å². The molecule has 0 heterocycles. The van der Waals surface area contributed by atoms with Gasteiger partial charge in [0.1, 0.15) is 11.5 Å². The van der Waals surface area contributed by atoms with Crippen LogP contribution in [0.3, 0.4) is 0 Å². The summed E-state index contributed by atoms with van der Waals surface area (Å²) in [6, 6.07) is 13.8. The van der Waals surface area contributed by atoms with Crippen LogP contribution < -0.4 is 9.05 Å². The molecule has 2 rings (SSSR count). The Balaban J connectivity index is 2.28. The van der Waals surface area contributed by atoms with Gasteiger partial charge in [0, 0.05) is 0 Å². The minimum atomic E-state index is -4.00. The molecule has 108 valence electrons. The molecule has 0 saturated heterocycles. The molecule has 0 unspecified atom stereocenters. The third kappa shape index (κ3) is 4.32. The van der Waals surface area contributed by atoms with Crippen molar-refractivity contribution in [3.05, 3.63) is 59.7 Å². The molecule has 21 heavy (non-hydrogen) atoms. The Bertz CT molecular complexity index is 686. The van der Waals surface area contributed by atoms with Crippen molar-refractivity contribution in [3.8, 4) is 11.5 Å². The topological polar surface area (TPSA) is 65.0 Å². The largest absolute Gasteiger partial charge is 0.574 e. The smallest absolute Gasteiger partial charge is 0.399 e. The number of isocyanates is 1. The van der Waals surface area contributed by atoms with Crippen molar-refractivity contribution >= 4 is 13.8 Å². The van der Waals surface area contributed by atoms with Gasteiger partial charge in [0.2, 0.25) is 6.08 Å². The number of hydrogen-bond donors (Lipinski definition) is 0. The van der Waals surface area contributed by atoms with Gasteiger partial charge in [0.05, 0.1) is 0 Å². The normalized spacial score (nSPS) is 10.6. The zero-order valence-corrected chi connectivity index (χ0v) is 12.5. The van der Waals surface area contributed by atoms with Gasteiger partial charge in [-0.15, -0.1) is 0 Å². The Labute approximate surface area is 122 Å². The van der Waals surface area contributed by atoms with E-state index in [4.69, 9.17) is 9.05 Å². The zero-order valence-electron chi connectivity index (χ0n) is 11.6. The van der Waals surface area contributed by atoms with Crippen LogP contribution in [0.4, 0.5) is 0 Å². The second-order valence-electron chi connectivity index (χ2n) is 4.48. The van der Waals surface area contributed by atoms with E-state index in [9.17, 15) is 9.36 Å². The first-order chi connectivity index (χ1) is 10.0. The van der Waals surface area contributed by atoms with Gasteiger partial charge in [-0.3, -0.25) is 0 Å². The lowest BCUT2D eigenvalue weighted by Crippen LogP contribution is -1.99. The maximum Gasteiger partial charge on any atom is 0.574 e. The molecule has 0 N–H and O–H groups in total. The number of hydrogen-bond acceptors (Lipinski definition) is 4. The SMILES string of the molecule is Cc1cccc(OP(=O)(N=C=O)Oc2cccc(C)c2)c1. The minimum Gasteiger partial charge on any atom is -0.399 e. The molecule has 2 aromatic carbocycles. The Morgan fingerprint density at radius 3 is 1.81 bits per heavy atom. The molecule has 0 radical (unpaired) electrons. The number of rotatable bonds is 5. The molecule has 0 fully saturated rings. The molecular formula is C15H14NO4P. The van der Waals surface area contributed by atoms with E-state index in [0.717, 1.165) is 11.1 Å². The second kappa shape index (κ2) is 6.40. The number of benzene rings is 2. The average Bonchev–Trinajstić information content (AvgIpc) is 2.38. The van der Waals surface area contributed by atoms with Gasteiger partial charge in [0.15, 0.2) is 0 Å². The van der Waals surface area contributed by atoms with Crippen molar-refractivity contribution in [1.82, 2.24) is 0 Å². The van der Waals surface area contributed by atoms with Gasteiger partial charge in [0.25, 0.3) is 0 Å². The molecule has 0 atom stereocenters. The fourth-order valence-corrected chi connectivity index (χ4v) is 2.70. The first-order valence-electron chi connectivity index (χ1n) is 6.23. The van der Waals surface area contributed by atoms with Crippen molar-refractivity contribution in [2.24, 2.45) is 4.76 Å². The number of nitrogens with zero attached hydrogens (tertiary/aromatic N) is 1. The van der Waals surface area contributed by atoms with Gasteiger partial charge >= 0.3 is 7.75 Å². The summed E-state index contributed by atoms with van der Waals surface area (Å²) in [6.45, 7) is 3.73. The Morgan fingerprint density at radius 2 is 1.43 bits per heavy atom. The predicted molar refractivity (Wildman–Crippen MR) is 79.3 cm³/mol. The van der Waals surface area contributed by atoms with Crippen molar-refractivity contribution in [2.45, 2.75) is 13.8 Å². The van der Waals surface area contributed by atoms with E-state index < -0.39 is 7.75 Å². The monoisotopic (exact) mass is 303 g/mol. The maximum atomic E-state index is 12.5. The lowest BCUT2D eigenvalue weighted by atomic mass is 10.2. The second-order valence-corrected chi connectivity index (χ2v) is 5.98. The number of aryl methyl sites for hydroxylation is 2. The van der Waals surface area contributed by atoms with Gasteiger partial charge in [-0.25, -0.2) is 9.36 Å². The highest BCUT2D eigenvalue weighted by Crippen LogP contribution is 2.49. The molecule has 0 bridgehead atoms.